The number of benzene rings is 1. The first-order valence-corrected chi connectivity index (χ1v) is 8.18. The van der Waals surface area contributed by atoms with Gasteiger partial charge in [-0.2, -0.15) is 0 Å². The molecule has 1 fully saturated rings. The Kier molecular flexibility index (Phi) is 5.67. The number of nitrogens with two attached hydrogens (primary N) is 1. The van der Waals surface area contributed by atoms with Crippen molar-refractivity contribution in [3.05, 3.63) is 32.7 Å². The van der Waals surface area contributed by atoms with Crippen molar-refractivity contribution < 1.29 is 0 Å². The molecule has 18 heavy (non-hydrogen) atoms. The van der Waals surface area contributed by atoms with Gasteiger partial charge in [0.15, 0.2) is 0 Å². The average Bonchev–Trinajstić information content (AvgIpc) is 2.36. The van der Waals surface area contributed by atoms with E-state index in [1.165, 1.54) is 32.1 Å². The normalized spacial score (nSPS) is 18.8. The minimum Gasteiger partial charge on any atom is -0.312 e. The van der Waals surface area contributed by atoms with Gasteiger partial charge in [0.25, 0.3) is 0 Å². The van der Waals surface area contributed by atoms with Crippen molar-refractivity contribution in [2.24, 2.45) is 11.7 Å². The third-order valence-corrected chi connectivity index (χ3v) is 4.51. The average molecular weight is 376 g/mol. The summed E-state index contributed by atoms with van der Waals surface area (Å²) in [5.74, 6) is 0.806. The Morgan fingerprint density at radius 1 is 1.11 bits per heavy atom. The van der Waals surface area contributed by atoms with Gasteiger partial charge in [-0.1, -0.05) is 51.1 Å². The Bertz CT molecular complexity index is 369. The molecule has 0 aromatic heterocycles. The molecule has 0 radical (unpaired) electrons. The van der Waals surface area contributed by atoms with E-state index in [0.717, 1.165) is 27.0 Å². The van der Waals surface area contributed by atoms with E-state index in [9.17, 15) is 0 Å². The van der Waals surface area contributed by atoms with E-state index in [0.29, 0.717) is 0 Å². The van der Waals surface area contributed by atoms with Crippen molar-refractivity contribution in [3.63, 3.8) is 0 Å². The zero-order chi connectivity index (χ0) is 13.0. The molecule has 2 rings (SSSR count). The lowest BCUT2D eigenvalue weighted by Gasteiger charge is -2.24. The maximum atomic E-state index is 6.20. The quantitative estimate of drug-likeness (QED) is 0.768. The summed E-state index contributed by atoms with van der Waals surface area (Å²) in [6.07, 6.45) is 6.78. The Labute approximate surface area is 126 Å². The van der Waals surface area contributed by atoms with Gasteiger partial charge >= 0.3 is 0 Å². The van der Waals surface area contributed by atoms with E-state index >= 15 is 0 Å². The Balaban J connectivity index is 1.88. The highest BCUT2D eigenvalue weighted by atomic mass is 79.9. The van der Waals surface area contributed by atoms with Crippen LogP contribution in [-0.2, 0) is 0 Å². The first-order chi connectivity index (χ1) is 8.65. The zero-order valence-electron chi connectivity index (χ0n) is 10.5. The summed E-state index contributed by atoms with van der Waals surface area (Å²) in [4.78, 5) is 0. The van der Waals surface area contributed by atoms with Gasteiger partial charge < -0.3 is 5.73 Å². The maximum absolute atomic E-state index is 6.20. The molecule has 1 aromatic rings. The van der Waals surface area contributed by atoms with Crippen molar-refractivity contribution in [1.29, 1.82) is 0 Å². The molecular formula is C14H20Br2N2. The van der Waals surface area contributed by atoms with Crippen molar-refractivity contribution in [2.45, 2.75) is 38.3 Å². The summed E-state index contributed by atoms with van der Waals surface area (Å²) in [7, 11) is 0. The molecule has 0 aliphatic heterocycles. The Hall–Kier alpha value is 0.1000. The van der Waals surface area contributed by atoms with Crippen LogP contribution in [0.3, 0.4) is 0 Å². The number of hydrogen-bond acceptors (Lipinski definition) is 2. The highest BCUT2D eigenvalue weighted by molar-refractivity contribution is 9.11. The van der Waals surface area contributed by atoms with Gasteiger partial charge in [0.1, 0.15) is 0 Å². The molecule has 0 bridgehead atoms. The summed E-state index contributed by atoms with van der Waals surface area (Å²) >= 11 is 6.99. The summed E-state index contributed by atoms with van der Waals surface area (Å²) < 4.78 is 2.11. The third-order valence-electron chi connectivity index (χ3n) is 3.60. The van der Waals surface area contributed by atoms with E-state index in [1.807, 2.05) is 6.07 Å². The fraction of sp³-hybridized carbons (Fsp3) is 0.571. The van der Waals surface area contributed by atoms with Gasteiger partial charge in [0.2, 0.25) is 0 Å². The molecule has 1 aliphatic rings. The Morgan fingerprint density at radius 2 is 1.72 bits per heavy atom. The second kappa shape index (κ2) is 7.04. The number of rotatable bonds is 4. The summed E-state index contributed by atoms with van der Waals surface area (Å²) in [6.45, 7) is 1.03. The van der Waals surface area contributed by atoms with Crippen molar-refractivity contribution in [1.82, 2.24) is 5.32 Å². The fourth-order valence-electron chi connectivity index (χ4n) is 2.56. The predicted octanol–water partition coefficient (Wildman–Crippen LogP) is 4.34. The molecular weight excluding hydrogens is 356 g/mol. The predicted molar refractivity (Wildman–Crippen MR) is 83.3 cm³/mol. The van der Waals surface area contributed by atoms with Crippen LogP contribution in [0, 0.1) is 5.92 Å². The van der Waals surface area contributed by atoms with Crippen LogP contribution in [0.15, 0.2) is 27.1 Å². The number of nitrogens with one attached hydrogen (secondary N) is 1. The monoisotopic (exact) mass is 374 g/mol. The molecule has 1 saturated carbocycles. The first-order valence-electron chi connectivity index (χ1n) is 6.60. The first kappa shape index (κ1) is 14.5. The third kappa shape index (κ3) is 4.34. The van der Waals surface area contributed by atoms with Gasteiger partial charge in [-0.3, -0.25) is 5.32 Å². The SMILES string of the molecule is NC(NCC1CCCCC1)c1cc(Br)cc(Br)c1. The van der Waals surface area contributed by atoms with E-state index in [2.05, 4.69) is 49.3 Å². The van der Waals surface area contributed by atoms with E-state index in [1.54, 1.807) is 0 Å². The highest BCUT2D eigenvalue weighted by Crippen LogP contribution is 2.25. The lowest BCUT2D eigenvalue weighted by molar-refractivity contribution is 0.329. The van der Waals surface area contributed by atoms with Gasteiger partial charge in [-0.25, -0.2) is 0 Å². The second-order valence-electron chi connectivity index (χ2n) is 5.09. The number of halogens is 2. The van der Waals surface area contributed by atoms with Crippen LogP contribution in [0.25, 0.3) is 0 Å². The van der Waals surface area contributed by atoms with Gasteiger partial charge in [0.05, 0.1) is 6.17 Å². The van der Waals surface area contributed by atoms with Crippen LogP contribution in [0.5, 0.6) is 0 Å². The summed E-state index contributed by atoms with van der Waals surface area (Å²) in [5.41, 5.74) is 7.31. The second-order valence-corrected chi connectivity index (χ2v) is 6.92. The molecule has 100 valence electrons. The molecule has 1 atom stereocenters. The van der Waals surface area contributed by atoms with Crippen LogP contribution >= 0.6 is 31.9 Å². The molecule has 0 heterocycles. The minimum absolute atomic E-state index is 0.0827. The van der Waals surface area contributed by atoms with E-state index < -0.39 is 0 Å². The molecule has 1 aromatic carbocycles. The molecule has 1 unspecified atom stereocenters. The van der Waals surface area contributed by atoms with Crippen molar-refractivity contribution in [2.75, 3.05) is 6.54 Å². The standard InChI is InChI=1S/C14H20Br2N2/c15-12-6-11(7-13(16)8-12)14(17)18-9-10-4-2-1-3-5-10/h6-8,10,14,18H,1-5,9,17H2. The molecule has 2 nitrogen and oxygen atoms in total. The van der Waals surface area contributed by atoms with Crippen LogP contribution in [0.1, 0.15) is 43.8 Å². The molecule has 3 N–H and O–H groups in total. The molecule has 0 amide bonds. The van der Waals surface area contributed by atoms with Gasteiger partial charge in [-0.15, -0.1) is 0 Å². The van der Waals surface area contributed by atoms with Crippen molar-refractivity contribution >= 4 is 31.9 Å². The minimum atomic E-state index is -0.0827. The van der Waals surface area contributed by atoms with E-state index in [4.69, 9.17) is 5.73 Å². The molecule has 4 heteroatoms. The number of hydrogen-bond donors (Lipinski definition) is 2. The topological polar surface area (TPSA) is 38.0 Å². The van der Waals surface area contributed by atoms with Crippen LogP contribution < -0.4 is 11.1 Å². The largest absolute Gasteiger partial charge is 0.312 e. The van der Waals surface area contributed by atoms with Crippen LogP contribution in [0.2, 0.25) is 0 Å². The highest BCUT2D eigenvalue weighted by Gasteiger charge is 2.15. The van der Waals surface area contributed by atoms with Crippen molar-refractivity contribution in [3.8, 4) is 0 Å². The maximum Gasteiger partial charge on any atom is 0.0810 e. The summed E-state index contributed by atoms with van der Waals surface area (Å²) in [6, 6.07) is 6.17. The van der Waals surface area contributed by atoms with Crippen LogP contribution in [0.4, 0.5) is 0 Å². The Morgan fingerprint density at radius 3 is 2.33 bits per heavy atom. The smallest absolute Gasteiger partial charge is 0.0810 e. The van der Waals surface area contributed by atoms with Gasteiger partial charge in [-0.05, 0) is 49.1 Å². The molecule has 0 spiro atoms. The zero-order valence-corrected chi connectivity index (χ0v) is 13.6. The molecule has 0 saturated heterocycles. The summed E-state index contributed by atoms with van der Waals surface area (Å²) in [5, 5.41) is 3.46. The van der Waals surface area contributed by atoms with Gasteiger partial charge in [0, 0.05) is 8.95 Å². The van der Waals surface area contributed by atoms with E-state index in [-0.39, 0.29) is 6.17 Å². The fourth-order valence-corrected chi connectivity index (χ4v) is 3.89. The lowest BCUT2D eigenvalue weighted by Crippen LogP contribution is -2.33. The molecule has 1 aliphatic carbocycles. The van der Waals surface area contributed by atoms with Crippen LogP contribution in [-0.4, -0.2) is 6.54 Å². The lowest BCUT2D eigenvalue weighted by atomic mass is 9.89.